The van der Waals surface area contributed by atoms with Crippen LogP contribution in [-0.2, 0) is 0 Å². The number of carbonyl (C=O) groups is 1. The molecule has 1 atom stereocenters. The molecule has 6 heteroatoms. The molecule has 0 spiro atoms. The number of amides is 2. The van der Waals surface area contributed by atoms with Crippen LogP contribution in [0, 0.1) is 0 Å². The van der Waals surface area contributed by atoms with Crippen molar-refractivity contribution in [2.24, 2.45) is 0 Å². The number of urea groups is 1. The van der Waals surface area contributed by atoms with E-state index in [2.05, 4.69) is 20.6 Å². The Labute approximate surface area is 87.8 Å². The fourth-order valence-electron chi connectivity index (χ4n) is 0.978. The highest BCUT2D eigenvalue weighted by Gasteiger charge is 2.08. The van der Waals surface area contributed by atoms with E-state index in [-0.39, 0.29) is 12.6 Å². The molecule has 2 amide bonds. The first kappa shape index (κ1) is 11.4. The molecule has 1 aromatic rings. The Balaban J connectivity index is 2.43. The third-order valence-corrected chi connectivity index (χ3v) is 1.85. The molecule has 1 unspecified atom stereocenters. The number of anilines is 1. The van der Waals surface area contributed by atoms with Gasteiger partial charge in [-0.15, -0.1) is 0 Å². The Morgan fingerprint density at radius 1 is 1.60 bits per heavy atom. The second-order valence-electron chi connectivity index (χ2n) is 2.98. The lowest BCUT2D eigenvalue weighted by Gasteiger charge is -2.13. The molecule has 0 aliphatic carbocycles. The molecule has 15 heavy (non-hydrogen) atoms. The normalized spacial score (nSPS) is 11.9. The van der Waals surface area contributed by atoms with Gasteiger partial charge in [-0.25, -0.2) is 9.78 Å². The quantitative estimate of drug-likeness (QED) is 0.670. The van der Waals surface area contributed by atoms with Crippen molar-refractivity contribution in [1.29, 1.82) is 0 Å². The minimum absolute atomic E-state index is 0.0790. The van der Waals surface area contributed by atoms with E-state index in [1.807, 2.05) is 6.92 Å². The van der Waals surface area contributed by atoms with Gasteiger partial charge in [-0.05, 0) is 6.42 Å². The predicted octanol–water partition coefficient (Wildman–Crippen LogP) is 0.369. The van der Waals surface area contributed by atoms with Crippen molar-refractivity contribution < 1.29 is 9.90 Å². The summed E-state index contributed by atoms with van der Waals surface area (Å²) in [5.41, 5.74) is 0. The van der Waals surface area contributed by atoms with Crippen molar-refractivity contribution >= 4 is 11.8 Å². The van der Waals surface area contributed by atoms with Crippen LogP contribution in [-0.4, -0.2) is 33.8 Å². The Morgan fingerprint density at radius 3 is 2.93 bits per heavy atom. The second-order valence-corrected chi connectivity index (χ2v) is 2.98. The number of carbonyl (C=O) groups excluding carboxylic acids is 1. The molecule has 1 rings (SSSR count). The highest BCUT2D eigenvalue weighted by molar-refractivity contribution is 5.88. The monoisotopic (exact) mass is 210 g/mol. The molecule has 0 fully saturated rings. The van der Waals surface area contributed by atoms with Gasteiger partial charge in [-0.1, -0.05) is 6.92 Å². The fraction of sp³-hybridized carbons (Fsp3) is 0.444. The molecular formula is C9H14N4O2. The number of aliphatic hydroxyl groups is 1. The highest BCUT2D eigenvalue weighted by atomic mass is 16.3. The van der Waals surface area contributed by atoms with Gasteiger partial charge in [0.25, 0.3) is 0 Å². The van der Waals surface area contributed by atoms with Crippen LogP contribution < -0.4 is 10.6 Å². The van der Waals surface area contributed by atoms with Gasteiger partial charge in [0.2, 0.25) is 0 Å². The third-order valence-electron chi connectivity index (χ3n) is 1.85. The second kappa shape index (κ2) is 5.92. The topological polar surface area (TPSA) is 87.1 Å². The summed E-state index contributed by atoms with van der Waals surface area (Å²) in [5.74, 6) is 0.378. The molecule has 0 saturated heterocycles. The van der Waals surface area contributed by atoms with Crippen molar-refractivity contribution in [2.75, 3.05) is 11.9 Å². The minimum atomic E-state index is -0.392. The van der Waals surface area contributed by atoms with E-state index in [0.717, 1.165) is 0 Å². The zero-order valence-electron chi connectivity index (χ0n) is 8.47. The van der Waals surface area contributed by atoms with Crippen LogP contribution in [0.25, 0.3) is 0 Å². The largest absolute Gasteiger partial charge is 0.394 e. The van der Waals surface area contributed by atoms with Crippen LogP contribution >= 0.6 is 0 Å². The zero-order chi connectivity index (χ0) is 11.1. The number of nitrogens with one attached hydrogen (secondary N) is 2. The maximum absolute atomic E-state index is 11.3. The molecule has 0 aliphatic rings. The van der Waals surface area contributed by atoms with Gasteiger partial charge in [0.05, 0.1) is 18.8 Å². The lowest BCUT2D eigenvalue weighted by molar-refractivity contribution is 0.222. The van der Waals surface area contributed by atoms with Crippen LogP contribution in [0.15, 0.2) is 18.6 Å². The van der Waals surface area contributed by atoms with Crippen LogP contribution in [0.1, 0.15) is 13.3 Å². The Morgan fingerprint density at radius 2 is 2.40 bits per heavy atom. The molecular weight excluding hydrogens is 196 g/mol. The first-order chi connectivity index (χ1) is 7.26. The summed E-state index contributed by atoms with van der Waals surface area (Å²) in [5, 5.41) is 14.0. The molecule has 3 N–H and O–H groups in total. The zero-order valence-corrected chi connectivity index (χ0v) is 8.47. The Kier molecular flexibility index (Phi) is 4.49. The van der Waals surface area contributed by atoms with E-state index in [0.29, 0.717) is 12.2 Å². The lowest BCUT2D eigenvalue weighted by atomic mass is 10.2. The Hall–Kier alpha value is -1.69. The highest BCUT2D eigenvalue weighted by Crippen LogP contribution is 1.97. The van der Waals surface area contributed by atoms with Crippen molar-refractivity contribution in [2.45, 2.75) is 19.4 Å². The maximum Gasteiger partial charge on any atom is 0.320 e. The summed E-state index contributed by atoms with van der Waals surface area (Å²) in [4.78, 5) is 19.0. The van der Waals surface area contributed by atoms with E-state index < -0.39 is 6.03 Å². The van der Waals surface area contributed by atoms with E-state index in [1.54, 1.807) is 0 Å². The van der Waals surface area contributed by atoms with Crippen molar-refractivity contribution in [3.63, 3.8) is 0 Å². The number of aliphatic hydroxyl groups excluding tert-OH is 1. The van der Waals surface area contributed by atoms with E-state index in [9.17, 15) is 4.79 Å². The third kappa shape index (κ3) is 3.90. The first-order valence-corrected chi connectivity index (χ1v) is 4.70. The standard InChI is InChI=1S/C9H14N4O2/c1-2-7(6-14)12-9(15)13-8-5-10-3-4-11-8/h3-5,7,14H,2,6H2,1H3,(H2,11,12,13,15). The molecule has 1 aromatic heterocycles. The number of rotatable bonds is 4. The number of nitrogens with zero attached hydrogens (tertiary/aromatic N) is 2. The number of aromatic nitrogens is 2. The average Bonchev–Trinajstić information content (AvgIpc) is 2.27. The van der Waals surface area contributed by atoms with Gasteiger partial charge >= 0.3 is 6.03 Å². The van der Waals surface area contributed by atoms with Crippen molar-refractivity contribution in [3.8, 4) is 0 Å². The first-order valence-electron chi connectivity index (χ1n) is 4.70. The summed E-state index contributed by atoms with van der Waals surface area (Å²) < 4.78 is 0. The van der Waals surface area contributed by atoms with Crippen LogP contribution in [0.4, 0.5) is 10.6 Å². The van der Waals surface area contributed by atoms with Gasteiger partial charge in [0.15, 0.2) is 5.82 Å². The molecule has 0 radical (unpaired) electrons. The van der Waals surface area contributed by atoms with Crippen LogP contribution in [0.2, 0.25) is 0 Å². The van der Waals surface area contributed by atoms with Crippen LogP contribution in [0.5, 0.6) is 0 Å². The van der Waals surface area contributed by atoms with Gasteiger partial charge in [0.1, 0.15) is 0 Å². The molecule has 82 valence electrons. The smallest absolute Gasteiger partial charge is 0.320 e. The Bertz CT molecular complexity index is 300. The molecule has 0 aromatic carbocycles. The SMILES string of the molecule is CCC(CO)NC(=O)Nc1cnccn1. The fourth-order valence-corrected chi connectivity index (χ4v) is 0.978. The van der Waals surface area contributed by atoms with Gasteiger partial charge in [-0.3, -0.25) is 10.3 Å². The summed E-state index contributed by atoms with van der Waals surface area (Å²) >= 11 is 0. The van der Waals surface area contributed by atoms with Crippen molar-refractivity contribution in [3.05, 3.63) is 18.6 Å². The average molecular weight is 210 g/mol. The van der Waals surface area contributed by atoms with E-state index in [4.69, 9.17) is 5.11 Å². The maximum atomic E-state index is 11.3. The summed E-state index contributed by atoms with van der Waals surface area (Å²) in [7, 11) is 0. The van der Waals surface area contributed by atoms with E-state index in [1.165, 1.54) is 18.6 Å². The number of hydrogen-bond acceptors (Lipinski definition) is 4. The van der Waals surface area contributed by atoms with Gasteiger partial charge < -0.3 is 10.4 Å². The molecule has 0 aliphatic heterocycles. The minimum Gasteiger partial charge on any atom is -0.394 e. The predicted molar refractivity (Wildman–Crippen MR) is 55.4 cm³/mol. The molecule has 0 bridgehead atoms. The molecule has 0 saturated carbocycles. The van der Waals surface area contributed by atoms with Crippen LogP contribution in [0.3, 0.4) is 0 Å². The van der Waals surface area contributed by atoms with E-state index >= 15 is 0 Å². The van der Waals surface area contributed by atoms with Gasteiger partial charge in [-0.2, -0.15) is 0 Å². The summed E-state index contributed by atoms with van der Waals surface area (Å²) in [6.45, 7) is 1.80. The summed E-state index contributed by atoms with van der Waals surface area (Å²) in [6, 6.07) is -0.627. The van der Waals surface area contributed by atoms with Gasteiger partial charge in [0, 0.05) is 12.4 Å². The van der Waals surface area contributed by atoms with Crippen molar-refractivity contribution in [1.82, 2.24) is 15.3 Å². The molecule has 1 heterocycles. The lowest BCUT2D eigenvalue weighted by Crippen LogP contribution is -2.39. The summed E-state index contributed by atoms with van der Waals surface area (Å²) in [6.07, 6.45) is 5.12. The number of hydrogen-bond donors (Lipinski definition) is 3. The molecule has 6 nitrogen and oxygen atoms in total.